The molecular weight excluding hydrogens is 312 g/mol. The molecule has 0 fully saturated rings. The van der Waals surface area contributed by atoms with Crippen molar-refractivity contribution in [2.45, 2.75) is 32.2 Å². The third kappa shape index (κ3) is 2.36. The Labute approximate surface area is 135 Å². The molecule has 2 aromatic heterocycles. The summed E-state index contributed by atoms with van der Waals surface area (Å²) in [5.41, 5.74) is 1.80. The average molecular weight is 326 g/mol. The summed E-state index contributed by atoms with van der Waals surface area (Å²) in [6.07, 6.45) is 5.39. The molecule has 0 N–H and O–H groups in total. The quantitative estimate of drug-likeness (QED) is 0.540. The molecule has 8 nitrogen and oxygen atoms in total. The number of non-ortho nitro benzene ring substituents is 1. The third-order valence-electron chi connectivity index (χ3n) is 4.37. The number of hydrogen-bond acceptors (Lipinski definition) is 6. The molecule has 0 aliphatic heterocycles. The Morgan fingerprint density at radius 2 is 2.12 bits per heavy atom. The average Bonchev–Trinajstić information content (AvgIpc) is 3.00. The fraction of sp³-hybridized carbons (Fsp3) is 0.312. The largest absolute Gasteiger partial charge is 0.361 e. The first kappa shape index (κ1) is 14.6. The highest BCUT2D eigenvalue weighted by molar-refractivity contribution is 5.79. The molecule has 122 valence electrons. The van der Waals surface area contributed by atoms with Crippen LogP contribution in [0.5, 0.6) is 0 Å². The molecule has 0 saturated carbocycles. The van der Waals surface area contributed by atoms with E-state index in [1.54, 1.807) is 0 Å². The predicted molar refractivity (Wildman–Crippen MR) is 84.9 cm³/mol. The molecule has 24 heavy (non-hydrogen) atoms. The van der Waals surface area contributed by atoms with Gasteiger partial charge in [0.25, 0.3) is 11.2 Å². The minimum absolute atomic E-state index is 0.127. The minimum Gasteiger partial charge on any atom is -0.361 e. The fourth-order valence-corrected chi connectivity index (χ4v) is 3.11. The van der Waals surface area contributed by atoms with E-state index in [1.807, 2.05) is 0 Å². The normalized spacial score (nSPS) is 13.8. The first-order chi connectivity index (χ1) is 11.6. The number of aryl methyl sites for hydroxylation is 1. The third-order valence-corrected chi connectivity index (χ3v) is 4.37. The highest BCUT2D eigenvalue weighted by Crippen LogP contribution is 2.24. The number of fused-ring (bicyclic) bond motifs is 2. The van der Waals surface area contributed by atoms with Gasteiger partial charge in [0, 0.05) is 24.1 Å². The van der Waals surface area contributed by atoms with Crippen LogP contribution >= 0.6 is 0 Å². The molecule has 0 radical (unpaired) electrons. The number of aromatic nitrogens is 3. The molecule has 0 atom stereocenters. The summed E-state index contributed by atoms with van der Waals surface area (Å²) in [6.45, 7) is 0.253. The minimum atomic E-state index is -0.524. The second-order valence-corrected chi connectivity index (χ2v) is 5.87. The summed E-state index contributed by atoms with van der Waals surface area (Å²) in [5.74, 6) is 0.897. The standard InChI is InChI=1S/C16H14N4O4/c21-16-12-7-10(20(22)23)5-6-13(12)17-9-19(16)8-14-11-3-1-2-4-15(11)24-18-14/h5-7,9H,1-4,8H2. The Balaban J connectivity index is 1.77. The van der Waals surface area contributed by atoms with Crippen molar-refractivity contribution in [3.05, 3.63) is 62.0 Å². The van der Waals surface area contributed by atoms with E-state index in [2.05, 4.69) is 10.1 Å². The first-order valence-corrected chi connectivity index (χ1v) is 7.73. The summed E-state index contributed by atoms with van der Waals surface area (Å²) >= 11 is 0. The molecule has 0 spiro atoms. The summed E-state index contributed by atoms with van der Waals surface area (Å²) in [6, 6.07) is 4.09. The van der Waals surface area contributed by atoms with E-state index < -0.39 is 4.92 Å². The number of nitro benzene ring substituents is 1. The number of benzene rings is 1. The van der Waals surface area contributed by atoms with Gasteiger partial charge in [0.05, 0.1) is 28.7 Å². The van der Waals surface area contributed by atoms with Crippen molar-refractivity contribution in [2.75, 3.05) is 0 Å². The lowest BCUT2D eigenvalue weighted by atomic mass is 9.96. The van der Waals surface area contributed by atoms with E-state index in [9.17, 15) is 14.9 Å². The lowest BCUT2D eigenvalue weighted by molar-refractivity contribution is -0.384. The highest BCUT2D eigenvalue weighted by Gasteiger charge is 2.20. The Hall–Kier alpha value is -3.03. The van der Waals surface area contributed by atoms with Crippen molar-refractivity contribution < 1.29 is 9.45 Å². The number of rotatable bonds is 3. The second-order valence-electron chi connectivity index (χ2n) is 5.87. The molecular formula is C16H14N4O4. The van der Waals surface area contributed by atoms with E-state index in [0.717, 1.165) is 42.7 Å². The van der Waals surface area contributed by atoms with Crippen molar-refractivity contribution in [3.63, 3.8) is 0 Å². The maximum absolute atomic E-state index is 12.6. The first-order valence-electron chi connectivity index (χ1n) is 7.73. The zero-order valence-corrected chi connectivity index (χ0v) is 12.8. The zero-order chi connectivity index (χ0) is 16.7. The number of nitrogens with zero attached hydrogens (tertiary/aromatic N) is 4. The van der Waals surface area contributed by atoms with Gasteiger partial charge < -0.3 is 4.52 Å². The van der Waals surface area contributed by atoms with Gasteiger partial charge in [0.2, 0.25) is 0 Å². The Bertz CT molecular complexity index is 1000. The van der Waals surface area contributed by atoms with Crippen LogP contribution in [0.25, 0.3) is 10.9 Å². The molecule has 3 aromatic rings. The SMILES string of the molecule is O=c1c2cc([N+](=O)[O-])ccc2ncn1Cc1noc2c1CCCC2. The molecule has 2 heterocycles. The molecule has 0 unspecified atom stereocenters. The second kappa shape index (κ2) is 5.55. The van der Waals surface area contributed by atoms with Crippen LogP contribution in [0.15, 0.2) is 33.8 Å². The van der Waals surface area contributed by atoms with Gasteiger partial charge in [-0.2, -0.15) is 0 Å². The highest BCUT2D eigenvalue weighted by atomic mass is 16.6. The van der Waals surface area contributed by atoms with Crippen molar-refractivity contribution in [3.8, 4) is 0 Å². The smallest absolute Gasteiger partial charge is 0.270 e. The van der Waals surface area contributed by atoms with Gasteiger partial charge in [-0.3, -0.25) is 19.5 Å². The Morgan fingerprint density at radius 3 is 2.96 bits per heavy atom. The summed E-state index contributed by atoms with van der Waals surface area (Å²) < 4.78 is 6.78. The fourth-order valence-electron chi connectivity index (χ4n) is 3.11. The van der Waals surface area contributed by atoms with Crippen LogP contribution in [0.1, 0.15) is 29.9 Å². The summed E-state index contributed by atoms with van der Waals surface area (Å²) in [5, 5.41) is 15.2. The van der Waals surface area contributed by atoms with Gasteiger partial charge in [0.1, 0.15) is 11.5 Å². The van der Waals surface area contributed by atoms with Crippen LogP contribution in [0.4, 0.5) is 5.69 Å². The van der Waals surface area contributed by atoms with Crippen LogP contribution in [-0.2, 0) is 19.4 Å². The molecule has 0 bridgehead atoms. The molecule has 1 aromatic carbocycles. The molecule has 1 aliphatic carbocycles. The van der Waals surface area contributed by atoms with Crippen molar-refractivity contribution >= 4 is 16.6 Å². The van der Waals surface area contributed by atoms with Gasteiger partial charge in [-0.25, -0.2) is 4.98 Å². The van der Waals surface area contributed by atoms with Crippen LogP contribution < -0.4 is 5.56 Å². The van der Waals surface area contributed by atoms with Crippen LogP contribution in [0, 0.1) is 10.1 Å². The van der Waals surface area contributed by atoms with Gasteiger partial charge in [-0.1, -0.05) is 5.16 Å². The monoisotopic (exact) mass is 326 g/mol. The molecule has 1 aliphatic rings. The Kier molecular flexibility index (Phi) is 3.37. The van der Waals surface area contributed by atoms with E-state index in [4.69, 9.17) is 4.52 Å². The predicted octanol–water partition coefficient (Wildman–Crippen LogP) is 2.22. The topological polar surface area (TPSA) is 104 Å². The van der Waals surface area contributed by atoms with Crippen molar-refractivity contribution in [2.24, 2.45) is 0 Å². The maximum atomic E-state index is 12.6. The molecule has 8 heteroatoms. The van der Waals surface area contributed by atoms with Crippen molar-refractivity contribution in [1.82, 2.24) is 14.7 Å². The van der Waals surface area contributed by atoms with Crippen LogP contribution in [0.2, 0.25) is 0 Å². The van der Waals surface area contributed by atoms with E-state index in [1.165, 1.54) is 29.1 Å². The lowest BCUT2D eigenvalue weighted by Gasteiger charge is -2.10. The number of nitro groups is 1. The van der Waals surface area contributed by atoms with E-state index in [-0.39, 0.29) is 23.2 Å². The molecule has 0 saturated heterocycles. The van der Waals surface area contributed by atoms with Gasteiger partial charge in [-0.15, -0.1) is 0 Å². The van der Waals surface area contributed by atoms with E-state index in [0.29, 0.717) is 5.52 Å². The number of hydrogen-bond donors (Lipinski definition) is 0. The van der Waals surface area contributed by atoms with Gasteiger partial charge in [-0.05, 0) is 25.3 Å². The Morgan fingerprint density at radius 1 is 1.29 bits per heavy atom. The van der Waals surface area contributed by atoms with Gasteiger partial charge >= 0.3 is 0 Å². The zero-order valence-electron chi connectivity index (χ0n) is 12.8. The van der Waals surface area contributed by atoms with Crippen LogP contribution in [-0.4, -0.2) is 19.6 Å². The summed E-state index contributed by atoms with van der Waals surface area (Å²) in [7, 11) is 0. The lowest BCUT2D eigenvalue weighted by Crippen LogP contribution is -2.22. The maximum Gasteiger partial charge on any atom is 0.270 e. The summed E-state index contributed by atoms with van der Waals surface area (Å²) in [4.78, 5) is 27.2. The molecule has 4 rings (SSSR count). The molecule has 0 amide bonds. The van der Waals surface area contributed by atoms with Crippen molar-refractivity contribution in [1.29, 1.82) is 0 Å². The van der Waals surface area contributed by atoms with E-state index >= 15 is 0 Å². The van der Waals surface area contributed by atoms with Crippen LogP contribution in [0.3, 0.4) is 0 Å². The van der Waals surface area contributed by atoms with Gasteiger partial charge in [0.15, 0.2) is 0 Å².